The van der Waals surface area contributed by atoms with Gasteiger partial charge in [-0.2, -0.15) is 10.2 Å². The number of primary amides is 1. The maximum absolute atomic E-state index is 11.6. The molecule has 1 amide bonds. The number of nitrogens with two attached hydrogens (primary N) is 1. The second-order valence-corrected chi connectivity index (χ2v) is 5.81. The summed E-state index contributed by atoms with van der Waals surface area (Å²) in [5, 5.41) is 11.2. The van der Waals surface area contributed by atoms with Gasteiger partial charge in [-0.05, 0) is 25.5 Å². The minimum absolute atomic E-state index is 0.187. The maximum atomic E-state index is 11.6. The van der Waals surface area contributed by atoms with Crippen molar-refractivity contribution in [2.75, 3.05) is 13.1 Å². The Labute approximate surface area is 129 Å². The summed E-state index contributed by atoms with van der Waals surface area (Å²) in [6, 6.07) is 2.23. The van der Waals surface area contributed by atoms with E-state index in [0.717, 1.165) is 38.0 Å². The van der Waals surface area contributed by atoms with Crippen LogP contribution in [0.3, 0.4) is 0 Å². The van der Waals surface area contributed by atoms with Gasteiger partial charge in [0.1, 0.15) is 0 Å². The highest BCUT2D eigenvalue weighted by Gasteiger charge is 2.28. The van der Waals surface area contributed by atoms with Gasteiger partial charge in [-0.3, -0.25) is 19.5 Å². The monoisotopic (exact) mass is 302 g/mol. The molecule has 3 N–H and O–H groups in total. The lowest BCUT2D eigenvalue weighted by atomic mass is 9.96. The van der Waals surface area contributed by atoms with E-state index in [4.69, 9.17) is 5.73 Å². The molecule has 0 bridgehead atoms. The fraction of sp³-hybridized carbons (Fsp3) is 0.533. The summed E-state index contributed by atoms with van der Waals surface area (Å²) in [5.41, 5.74) is 8.04. The number of hydrogen-bond donors (Lipinski definition) is 2. The number of nitrogens with zero attached hydrogens (tertiary/aromatic N) is 4. The van der Waals surface area contributed by atoms with E-state index >= 15 is 0 Å². The van der Waals surface area contributed by atoms with Gasteiger partial charge in [0.2, 0.25) is 0 Å². The minimum Gasteiger partial charge on any atom is -0.365 e. The molecule has 1 saturated heterocycles. The van der Waals surface area contributed by atoms with Crippen molar-refractivity contribution in [3.63, 3.8) is 0 Å². The van der Waals surface area contributed by atoms with Crippen LogP contribution in [-0.4, -0.2) is 43.9 Å². The Morgan fingerprint density at radius 1 is 1.50 bits per heavy atom. The summed E-state index contributed by atoms with van der Waals surface area (Å²) >= 11 is 0. The molecule has 1 aliphatic heterocycles. The molecule has 0 radical (unpaired) electrons. The Balaban J connectivity index is 1.75. The summed E-state index contributed by atoms with van der Waals surface area (Å²) in [7, 11) is 1.96. The minimum atomic E-state index is -0.416. The third kappa shape index (κ3) is 2.89. The van der Waals surface area contributed by atoms with Crippen LogP contribution in [-0.2, 0) is 13.5 Å². The molecule has 1 aliphatic rings. The number of amides is 1. The van der Waals surface area contributed by atoms with Gasteiger partial charge in [0.25, 0.3) is 5.91 Å². The highest BCUT2D eigenvalue weighted by molar-refractivity contribution is 5.93. The second kappa shape index (κ2) is 6.31. The number of aryl methyl sites for hydroxylation is 1. The van der Waals surface area contributed by atoms with Crippen LogP contribution in [0, 0.1) is 0 Å². The molecule has 0 aliphatic carbocycles. The fourth-order valence-electron chi connectivity index (χ4n) is 3.24. The number of aromatic nitrogens is 4. The Morgan fingerprint density at radius 2 is 2.36 bits per heavy atom. The van der Waals surface area contributed by atoms with Crippen LogP contribution >= 0.6 is 0 Å². The summed E-state index contributed by atoms with van der Waals surface area (Å²) < 4.78 is 1.91. The lowest BCUT2D eigenvalue weighted by Crippen LogP contribution is -2.36. The zero-order valence-corrected chi connectivity index (χ0v) is 12.8. The lowest BCUT2D eigenvalue weighted by molar-refractivity contribution is 0.0991. The van der Waals surface area contributed by atoms with Gasteiger partial charge in [-0.25, -0.2) is 0 Å². The van der Waals surface area contributed by atoms with Crippen LogP contribution in [0.25, 0.3) is 0 Å². The number of hydrogen-bond acceptors (Lipinski definition) is 4. The van der Waals surface area contributed by atoms with Crippen molar-refractivity contribution in [3.8, 4) is 0 Å². The molecule has 22 heavy (non-hydrogen) atoms. The topological polar surface area (TPSA) is 92.8 Å². The van der Waals surface area contributed by atoms with Gasteiger partial charge in [0.05, 0.1) is 23.5 Å². The van der Waals surface area contributed by atoms with E-state index in [-0.39, 0.29) is 6.04 Å². The molecular formula is C15H22N6O. The van der Waals surface area contributed by atoms with Crippen molar-refractivity contribution in [1.29, 1.82) is 0 Å². The number of likely N-dealkylation sites (tertiary alicyclic amines) is 1. The highest BCUT2D eigenvalue weighted by atomic mass is 16.1. The summed E-state index contributed by atoms with van der Waals surface area (Å²) in [4.78, 5) is 14.0. The van der Waals surface area contributed by atoms with Gasteiger partial charge in [-0.15, -0.1) is 0 Å². The smallest absolute Gasteiger partial charge is 0.252 e. The van der Waals surface area contributed by atoms with E-state index in [2.05, 4.69) is 20.2 Å². The Morgan fingerprint density at radius 3 is 3.09 bits per heavy atom. The zero-order chi connectivity index (χ0) is 15.5. The largest absolute Gasteiger partial charge is 0.365 e. The van der Waals surface area contributed by atoms with Crippen LogP contribution in [0.4, 0.5) is 0 Å². The number of carbonyl (C=O) groups excluding carboxylic acids is 1. The number of piperidine rings is 1. The van der Waals surface area contributed by atoms with Crippen molar-refractivity contribution in [2.24, 2.45) is 12.8 Å². The summed E-state index contributed by atoms with van der Waals surface area (Å²) in [5.74, 6) is -0.416. The van der Waals surface area contributed by atoms with Crippen molar-refractivity contribution >= 4 is 5.91 Å². The molecule has 2 aromatic heterocycles. The predicted octanol–water partition coefficient (Wildman–Crippen LogP) is 1.01. The molecule has 1 atom stereocenters. The first-order valence-electron chi connectivity index (χ1n) is 7.71. The molecule has 0 saturated carbocycles. The van der Waals surface area contributed by atoms with Crippen molar-refractivity contribution in [2.45, 2.75) is 31.7 Å². The average Bonchev–Trinajstić information content (AvgIpc) is 3.14. The molecule has 118 valence electrons. The van der Waals surface area contributed by atoms with Crippen LogP contribution in [0.5, 0.6) is 0 Å². The molecular weight excluding hydrogens is 280 g/mol. The zero-order valence-electron chi connectivity index (χ0n) is 12.8. The fourth-order valence-corrected chi connectivity index (χ4v) is 3.24. The van der Waals surface area contributed by atoms with Crippen LogP contribution < -0.4 is 5.73 Å². The quantitative estimate of drug-likeness (QED) is 0.862. The third-order valence-electron chi connectivity index (χ3n) is 4.46. The normalized spacial score (nSPS) is 19.4. The van der Waals surface area contributed by atoms with Crippen molar-refractivity contribution in [1.82, 2.24) is 24.9 Å². The summed E-state index contributed by atoms with van der Waals surface area (Å²) in [6.07, 6.45) is 7.65. The second-order valence-electron chi connectivity index (χ2n) is 5.81. The van der Waals surface area contributed by atoms with Crippen LogP contribution in [0.1, 0.15) is 47.1 Å². The van der Waals surface area contributed by atoms with E-state index in [1.54, 1.807) is 0 Å². The number of H-pyrrole nitrogens is 1. The highest BCUT2D eigenvalue weighted by Crippen LogP contribution is 2.31. The molecule has 3 rings (SSSR count). The van der Waals surface area contributed by atoms with E-state index in [1.807, 2.05) is 24.0 Å². The number of aromatic amines is 1. The molecule has 0 aromatic carbocycles. The summed E-state index contributed by atoms with van der Waals surface area (Å²) in [6.45, 7) is 1.96. The molecule has 1 unspecified atom stereocenters. The predicted molar refractivity (Wildman–Crippen MR) is 82.2 cm³/mol. The Kier molecular flexibility index (Phi) is 4.24. The Hall–Kier alpha value is -2.15. The first kappa shape index (κ1) is 14.8. The molecule has 7 nitrogen and oxygen atoms in total. The van der Waals surface area contributed by atoms with Gasteiger partial charge in [0.15, 0.2) is 0 Å². The maximum Gasteiger partial charge on any atom is 0.252 e. The number of nitrogens with one attached hydrogen (secondary N) is 1. The lowest BCUT2D eigenvalue weighted by Gasteiger charge is -2.35. The molecule has 0 spiro atoms. The van der Waals surface area contributed by atoms with Gasteiger partial charge in [-0.1, -0.05) is 6.42 Å². The van der Waals surface area contributed by atoms with Crippen LogP contribution in [0.15, 0.2) is 18.5 Å². The Bertz CT molecular complexity index is 646. The van der Waals surface area contributed by atoms with E-state index in [0.29, 0.717) is 5.56 Å². The molecule has 7 heteroatoms. The van der Waals surface area contributed by atoms with Crippen molar-refractivity contribution < 1.29 is 4.79 Å². The standard InChI is InChI=1S/C15H22N6O/c1-20-11(5-7-18-20)6-9-21-8-3-2-4-13(21)14-12(15(16)22)10-17-19-14/h5,7,10,13H,2-4,6,8-9H2,1H3,(H2,16,22)(H,17,19). The van der Waals surface area contributed by atoms with E-state index in [9.17, 15) is 4.79 Å². The van der Waals surface area contributed by atoms with Gasteiger partial charge in [0, 0.05) is 31.9 Å². The van der Waals surface area contributed by atoms with Gasteiger partial charge >= 0.3 is 0 Å². The van der Waals surface area contributed by atoms with E-state index in [1.165, 1.54) is 18.3 Å². The first-order valence-corrected chi connectivity index (χ1v) is 7.71. The average molecular weight is 302 g/mol. The third-order valence-corrected chi connectivity index (χ3v) is 4.46. The number of rotatable bonds is 5. The first-order chi connectivity index (χ1) is 10.7. The van der Waals surface area contributed by atoms with Crippen LogP contribution in [0.2, 0.25) is 0 Å². The van der Waals surface area contributed by atoms with E-state index < -0.39 is 5.91 Å². The van der Waals surface area contributed by atoms with Gasteiger partial charge < -0.3 is 5.73 Å². The molecule has 2 aromatic rings. The van der Waals surface area contributed by atoms with Crippen molar-refractivity contribution in [3.05, 3.63) is 35.4 Å². The molecule has 3 heterocycles. The SMILES string of the molecule is Cn1nccc1CCN1CCCCC1c1[nH]ncc1C(N)=O. The number of carbonyl (C=O) groups is 1. The molecule has 1 fully saturated rings.